The van der Waals surface area contributed by atoms with Crippen LogP contribution in [0.5, 0.6) is 0 Å². The molecule has 1 aromatic carbocycles. The fraction of sp³-hybridized carbons (Fsp3) is 0. The summed E-state index contributed by atoms with van der Waals surface area (Å²) in [5.41, 5.74) is 6.90. The Bertz CT molecular complexity index is 260. The molecular formula is C7H6BNO. The lowest BCUT2D eigenvalue weighted by molar-refractivity contribution is 0.112. The Kier molecular flexibility index (Phi) is 1.76. The molecule has 0 aliphatic rings. The molecule has 0 unspecified atom stereocenters. The van der Waals surface area contributed by atoms with Crippen molar-refractivity contribution in [2.24, 2.45) is 0 Å². The van der Waals surface area contributed by atoms with Crippen molar-refractivity contribution in [3.05, 3.63) is 23.8 Å². The molecule has 2 nitrogen and oxygen atoms in total. The Hall–Kier alpha value is -1.25. The second-order valence-electron chi connectivity index (χ2n) is 2.01. The molecule has 3 heteroatoms. The molecule has 0 fully saturated rings. The van der Waals surface area contributed by atoms with E-state index in [9.17, 15) is 4.79 Å². The van der Waals surface area contributed by atoms with Gasteiger partial charge in [0.1, 0.15) is 14.1 Å². The van der Waals surface area contributed by atoms with Crippen LogP contribution in [0.25, 0.3) is 0 Å². The van der Waals surface area contributed by atoms with Crippen LogP contribution in [0.4, 0.5) is 5.69 Å². The van der Waals surface area contributed by atoms with E-state index in [0.29, 0.717) is 16.7 Å². The van der Waals surface area contributed by atoms with Crippen molar-refractivity contribution in [3.8, 4) is 0 Å². The summed E-state index contributed by atoms with van der Waals surface area (Å²) in [4.78, 5) is 10.2. The number of benzene rings is 1. The number of aldehydes is 1. The van der Waals surface area contributed by atoms with Crippen molar-refractivity contribution in [2.75, 3.05) is 5.73 Å². The summed E-state index contributed by atoms with van der Waals surface area (Å²) in [6, 6.07) is 4.78. The molecule has 0 aliphatic heterocycles. The van der Waals surface area contributed by atoms with Gasteiger partial charge in [0, 0.05) is 11.3 Å². The molecule has 0 amide bonds. The topological polar surface area (TPSA) is 43.1 Å². The van der Waals surface area contributed by atoms with E-state index in [1.165, 1.54) is 0 Å². The van der Waals surface area contributed by atoms with E-state index in [1.807, 2.05) is 0 Å². The van der Waals surface area contributed by atoms with E-state index in [4.69, 9.17) is 13.6 Å². The number of nitrogen functional groups attached to an aromatic ring is 1. The van der Waals surface area contributed by atoms with Gasteiger partial charge in [-0.05, 0) is 12.1 Å². The quantitative estimate of drug-likeness (QED) is 0.328. The third kappa shape index (κ3) is 1.18. The molecule has 0 heterocycles. The van der Waals surface area contributed by atoms with Crippen LogP contribution in [0.1, 0.15) is 10.4 Å². The Morgan fingerprint density at radius 1 is 1.50 bits per heavy atom. The zero-order valence-electron chi connectivity index (χ0n) is 5.37. The fourth-order valence-electron chi connectivity index (χ4n) is 0.667. The number of rotatable bonds is 1. The first kappa shape index (κ1) is 6.87. The second-order valence-corrected chi connectivity index (χ2v) is 2.01. The highest BCUT2D eigenvalue weighted by atomic mass is 16.1. The van der Waals surface area contributed by atoms with Crippen LogP contribution >= 0.6 is 0 Å². The lowest BCUT2D eigenvalue weighted by Crippen LogP contribution is -2.09. The highest BCUT2D eigenvalue weighted by Gasteiger charge is 1.92. The Balaban J connectivity index is 3.16. The van der Waals surface area contributed by atoms with Crippen molar-refractivity contribution in [1.29, 1.82) is 0 Å². The lowest BCUT2D eigenvalue weighted by Gasteiger charge is -1.98. The molecule has 0 saturated heterocycles. The average Bonchev–Trinajstić information content (AvgIpc) is 1.95. The Morgan fingerprint density at radius 3 is 2.70 bits per heavy atom. The van der Waals surface area contributed by atoms with E-state index >= 15 is 0 Å². The van der Waals surface area contributed by atoms with Gasteiger partial charge in [0.25, 0.3) is 0 Å². The minimum atomic E-state index is 0.449. The molecule has 0 atom stereocenters. The first-order valence-corrected chi connectivity index (χ1v) is 2.84. The van der Waals surface area contributed by atoms with Gasteiger partial charge in [-0.2, -0.15) is 0 Å². The number of carbonyl (C=O) groups excluding carboxylic acids is 1. The van der Waals surface area contributed by atoms with Gasteiger partial charge in [-0.25, -0.2) is 0 Å². The number of hydrogen-bond donors (Lipinski definition) is 1. The maximum atomic E-state index is 10.2. The van der Waals surface area contributed by atoms with E-state index in [0.717, 1.165) is 6.29 Å². The van der Waals surface area contributed by atoms with Gasteiger partial charge in [-0.3, -0.25) is 4.79 Å². The van der Waals surface area contributed by atoms with Crippen LogP contribution in [0.2, 0.25) is 0 Å². The first-order chi connectivity index (χ1) is 4.74. The van der Waals surface area contributed by atoms with E-state index in [2.05, 4.69) is 0 Å². The van der Waals surface area contributed by atoms with Gasteiger partial charge >= 0.3 is 0 Å². The summed E-state index contributed by atoms with van der Waals surface area (Å²) in [7, 11) is 5.41. The number of carbonyl (C=O) groups is 1. The highest BCUT2D eigenvalue weighted by molar-refractivity contribution is 6.35. The molecule has 0 bridgehead atoms. The van der Waals surface area contributed by atoms with Gasteiger partial charge in [0.15, 0.2) is 0 Å². The molecule has 10 heavy (non-hydrogen) atoms. The smallest absolute Gasteiger partial charge is 0.150 e. The molecule has 0 spiro atoms. The largest absolute Gasteiger partial charge is 0.399 e. The minimum absolute atomic E-state index is 0.449. The van der Waals surface area contributed by atoms with E-state index in [1.54, 1.807) is 18.2 Å². The average molecular weight is 131 g/mol. The lowest BCUT2D eigenvalue weighted by atomic mass is 9.93. The van der Waals surface area contributed by atoms with Crippen molar-refractivity contribution in [2.45, 2.75) is 0 Å². The Morgan fingerprint density at radius 2 is 2.20 bits per heavy atom. The SMILES string of the molecule is [B]c1cc(C=O)ccc1N. The van der Waals surface area contributed by atoms with Crippen LogP contribution in [0.15, 0.2) is 18.2 Å². The summed E-state index contributed by atoms with van der Waals surface area (Å²) in [6.07, 6.45) is 0.732. The predicted molar refractivity (Wildman–Crippen MR) is 41.6 cm³/mol. The van der Waals surface area contributed by atoms with Crippen molar-refractivity contribution in [1.82, 2.24) is 0 Å². The molecule has 0 saturated carbocycles. The zero-order chi connectivity index (χ0) is 7.56. The van der Waals surface area contributed by atoms with Gasteiger partial charge < -0.3 is 5.73 Å². The normalized spacial score (nSPS) is 9.20. The molecular weight excluding hydrogens is 125 g/mol. The van der Waals surface area contributed by atoms with Crippen molar-refractivity contribution >= 4 is 25.3 Å². The summed E-state index contributed by atoms with van der Waals surface area (Å²) in [5, 5.41) is 0. The molecule has 2 radical (unpaired) electrons. The number of hydrogen-bond acceptors (Lipinski definition) is 2. The van der Waals surface area contributed by atoms with Crippen molar-refractivity contribution < 1.29 is 4.79 Å². The predicted octanol–water partition coefficient (Wildman–Crippen LogP) is -0.125. The third-order valence-electron chi connectivity index (χ3n) is 1.25. The number of nitrogens with two attached hydrogens (primary N) is 1. The van der Waals surface area contributed by atoms with Crippen molar-refractivity contribution in [3.63, 3.8) is 0 Å². The van der Waals surface area contributed by atoms with Crippen LogP contribution in [-0.2, 0) is 0 Å². The monoisotopic (exact) mass is 131 g/mol. The molecule has 48 valence electrons. The molecule has 1 aromatic rings. The molecule has 0 aromatic heterocycles. The van der Waals surface area contributed by atoms with E-state index in [-0.39, 0.29) is 0 Å². The summed E-state index contributed by atoms with van der Waals surface area (Å²) >= 11 is 0. The highest BCUT2D eigenvalue weighted by Crippen LogP contribution is 1.98. The maximum Gasteiger partial charge on any atom is 0.150 e. The standard InChI is InChI=1S/C7H6BNO/c8-6-3-5(4-10)1-2-7(6)9/h1-4H,9H2. The minimum Gasteiger partial charge on any atom is -0.399 e. The van der Waals surface area contributed by atoms with Crippen LogP contribution < -0.4 is 11.2 Å². The van der Waals surface area contributed by atoms with Gasteiger partial charge in [-0.1, -0.05) is 11.5 Å². The molecule has 0 aliphatic carbocycles. The first-order valence-electron chi connectivity index (χ1n) is 2.84. The Labute approximate surface area is 60.4 Å². The second kappa shape index (κ2) is 2.56. The van der Waals surface area contributed by atoms with Gasteiger partial charge in [-0.15, -0.1) is 0 Å². The van der Waals surface area contributed by atoms with Crippen LogP contribution in [0.3, 0.4) is 0 Å². The third-order valence-corrected chi connectivity index (χ3v) is 1.25. The van der Waals surface area contributed by atoms with Crippen LogP contribution in [-0.4, -0.2) is 14.1 Å². The number of anilines is 1. The molecule has 1 rings (SSSR count). The zero-order valence-corrected chi connectivity index (χ0v) is 5.37. The summed E-state index contributed by atoms with van der Waals surface area (Å²) < 4.78 is 0. The maximum absolute atomic E-state index is 10.2. The molecule has 2 N–H and O–H groups in total. The van der Waals surface area contributed by atoms with Gasteiger partial charge in [0.05, 0.1) is 0 Å². The van der Waals surface area contributed by atoms with Gasteiger partial charge in [0.2, 0.25) is 0 Å². The summed E-state index contributed by atoms with van der Waals surface area (Å²) in [6.45, 7) is 0. The summed E-state index contributed by atoms with van der Waals surface area (Å²) in [5.74, 6) is 0. The van der Waals surface area contributed by atoms with E-state index < -0.39 is 0 Å². The fourth-order valence-corrected chi connectivity index (χ4v) is 0.667. The van der Waals surface area contributed by atoms with Crippen LogP contribution in [0, 0.1) is 0 Å².